The van der Waals surface area contributed by atoms with Gasteiger partial charge < -0.3 is 9.84 Å². The molecule has 0 spiro atoms. The molecule has 82 valence electrons. The fourth-order valence-corrected chi connectivity index (χ4v) is 1.85. The van der Waals surface area contributed by atoms with Gasteiger partial charge in [-0.25, -0.2) is 0 Å². The van der Waals surface area contributed by atoms with Crippen LogP contribution in [0.5, 0.6) is 0 Å². The maximum absolute atomic E-state index is 11.1. The minimum Gasteiger partial charge on any atom is -0.481 e. The van der Waals surface area contributed by atoms with E-state index < -0.39 is 11.9 Å². The molecule has 0 aliphatic rings. The van der Waals surface area contributed by atoms with Crippen LogP contribution in [0.4, 0.5) is 0 Å². The second kappa shape index (κ2) is 5.88. The quantitative estimate of drug-likeness (QED) is 0.897. The van der Waals surface area contributed by atoms with Crippen molar-refractivity contribution in [1.29, 1.82) is 0 Å². The lowest BCUT2D eigenvalue weighted by Crippen LogP contribution is -2.18. The highest BCUT2D eigenvalue weighted by Gasteiger charge is 2.21. The SMILES string of the molecule is CCOCC(C(=O)O)c1ccccc1Br. The van der Waals surface area contributed by atoms with Crippen LogP contribution in [0.2, 0.25) is 0 Å². The molecule has 4 heteroatoms. The van der Waals surface area contributed by atoms with Crippen LogP contribution in [-0.4, -0.2) is 24.3 Å². The maximum Gasteiger partial charge on any atom is 0.313 e. The Balaban J connectivity index is 2.89. The van der Waals surface area contributed by atoms with Gasteiger partial charge in [0.2, 0.25) is 0 Å². The van der Waals surface area contributed by atoms with Crippen molar-refractivity contribution in [1.82, 2.24) is 0 Å². The summed E-state index contributed by atoms with van der Waals surface area (Å²) in [5, 5.41) is 9.08. The summed E-state index contributed by atoms with van der Waals surface area (Å²) in [6.45, 7) is 2.57. The van der Waals surface area contributed by atoms with Crippen LogP contribution in [0, 0.1) is 0 Å². The fourth-order valence-electron chi connectivity index (χ4n) is 1.29. The van der Waals surface area contributed by atoms with Crippen LogP contribution in [-0.2, 0) is 9.53 Å². The average molecular weight is 273 g/mol. The minimum absolute atomic E-state index is 0.203. The molecule has 0 saturated carbocycles. The Labute approximate surface area is 97.2 Å². The lowest BCUT2D eigenvalue weighted by atomic mass is 10.0. The van der Waals surface area contributed by atoms with Gasteiger partial charge in [0.05, 0.1) is 6.61 Å². The summed E-state index contributed by atoms with van der Waals surface area (Å²) in [6.07, 6.45) is 0. The van der Waals surface area contributed by atoms with E-state index in [1.54, 1.807) is 6.07 Å². The molecular formula is C11H13BrO3. The molecule has 0 bridgehead atoms. The Hall–Kier alpha value is -0.870. The largest absolute Gasteiger partial charge is 0.481 e. The second-order valence-corrected chi connectivity index (χ2v) is 3.93. The molecule has 0 aromatic heterocycles. The normalized spacial score (nSPS) is 12.4. The first kappa shape index (κ1) is 12.2. The molecule has 0 saturated heterocycles. The predicted octanol–water partition coefficient (Wildman–Crippen LogP) is 2.65. The number of benzene rings is 1. The number of carbonyl (C=O) groups is 1. The van der Waals surface area contributed by atoms with E-state index in [4.69, 9.17) is 9.84 Å². The fraction of sp³-hybridized carbons (Fsp3) is 0.364. The lowest BCUT2D eigenvalue weighted by molar-refractivity contribution is -0.140. The number of hydrogen-bond donors (Lipinski definition) is 1. The highest BCUT2D eigenvalue weighted by atomic mass is 79.9. The summed E-state index contributed by atoms with van der Waals surface area (Å²) in [7, 11) is 0. The zero-order chi connectivity index (χ0) is 11.3. The number of carboxylic acid groups (broad SMARTS) is 1. The van der Waals surface area contributed by atoms with Gasteiger partial charge in [-0.05, 0) is 18.6 Å². The molecule has 0 aliphatic heterocycles. The van der Waals surface area contributed by atoms with Gasteiger partial charge in [0.1, 0.15) is 5.92 Å². The van der Waals surface area contributed by atoms with Crippen molar-refractivity contribution in [2.75, 3.05) is 13.2 Å². The van der Waals surface area contributed by atoms with E-state index in [1.165, 1.54) is 0 Å². The summed E-state index contributed by atoms with van der Waals surface area (Å²) in [4.78, 5) is 11.1. The molecule has 0 radical (unpaired) electrons. The summed E-state index contributed by atoms with van der Waals surface area (Å²) < 4.78 is 5.97. The molecule has 1 rings (SSSR count). The van der Waals surface area contributed by atoms with E-state index in [9.17, 15) is 4.79 Å². The topological polar surface area (TPSA) is 46.5 Å². The van der Waals surface area contributed by atoms with Crippen molar-refractivity contribution in [2.24, 2.45) is 0 Å². The zero-order valence-corrected chi connectivity index (χ0v) is 10.0. The Morgan fingerprint density at radius 3 is 2.73 bits per heavy atom. The summed E-state index contributed by atoms with van der Waals surface area (Å²) in [6, 6.07) is 7.30. The van der Waals surface area contributed by atoms with E-state index >= 15 is 0 Å². The first-order valence-corrected chi connectivity index (χ1v) is 5.51. The Morgan fingerprint density at radius 2 is 2.20 bits per heavy atom. The molecule has 0 heterocycles. The molecule has 0 aliphatic carbocycles. The van der Waals surface area contributed by atoms with E-state index in [-0.39, 0.29) is 6.61 Å². The van der Waals surface area contributed by atoms with Crippen LogP contribution in [0.3, 0.4) is 0 Å². The number of hydrogen-bond acceptors (Lipinski definition) is 2. The number of rotatable bonds is 5. The lowest BCUT2D eigenvalue weighted by Gasteiger charge is -2.13. The van der Waals surface area contributed by atoms with E-state index in [1.807, 2.05) is 25.1 Å². The zero-order valence-electron chi connectivity index (χ0n) is 8.44. The van der Waals surface area contributed by atoms with Crippen molar-refractivity contribution in [3.63, 3.8) is 0 Å². The molecule has 1 unspecified atom stereocenters. The standard InChI is InChI=1S/C11H13BrO3/c1-2-15-7-9(11(13)14)8-5-3-4-6-10(8)12/h3-6,9H,2,7H2,1H3,(H,13,14). The second-order valence-electron chi connectivity index (χ2n) is 3.07. The van der Waals surface area contributed by atoms with Crippen LogP contribution >= 0.6 is 15.9 Å². The molecule has 1 atom stereocenters. The molecule has 1 aromatic carbocycles. The number of aliphatic carboxylic acids is 1. The van der Waals surface area contributed by atoms with Crippen LogP contribution in [0.1, 0.15) is 18.4 Å². The van der Waals surface area contributed by atoms with Gasteiger partial charge in [-0.2, -0.15) is 0 Å². The van der Waals surface area contributed by atoms with Crippen molar-refractivity contribution in [2.45, 2.75) is 12.8 Å². The van der Waals surface area contributed by atoms with Gasteiger partial charge in [0, 0.05) is 11.1 Å². The summed E-state index contributed by atoms with van der Waals surface area (Å²) in [5.41, 5.74) is 0.749. The molecule has 0 fully saturated rings. The Morgan fingerprint density at radius 1 is 1.53 bits per heavy atom. The first-order valence-electron chi connectivity index (χ1n) is 4.71. The molecule has 0 amide bonds. The molecule has 1 aromatic rings. The van der Waals surface area contributed by atoms with E-state index in [2.05, 4.69) is 15.9 Å². The molecule has 15 heavy (non-hydrogen) atoms. The smallest absolute Gasteiger partial charge is 0.313 e. The van der Waals surface area contributed by atoms with Gasteiger partial charge in [0.25, 0.3) is 0 Å². The predicted molar refractivity (Wildman–Crippen MR) is 61.0 cm³/mol. The van der Waals surface area contributed by atoms with Gasteiger partial charge >= 0.3 is 5.97 Å². The first-order chi connectivity index (χ1) is 7.16. The summed E-state index contributed by atoms with van der Waals surface area (Å²) >= 11 is 3.34. The Bertz CT molecular complexity index is 338. The van der Waals surface area contributed by atoms with Gasteiger partial charge in [-0.3, -0.25) is 4.79 Å². The molecule has 1 N–H and O–H groups in total. The highest BCUT2D eigenvalue weighted by molar-refractivity contribution is 9.10. The van der Waals surface area contributed by atoms with Gasteiger partial charge in [-0.15, -0.1) is 0 Å². The average Bonchev–Trinajstić information content (AvgIpc) is 2.20. The van der Waals surface area contributed by atoms with Crippen molar-refractivity contribution in [3.05, 3.63) is 34.3 Å². The number of carboxylic acids is 1. The summed E-state index contributed by atoms with van der Waals surface area (Å²) in [5.74, 6) is -1.48. The van der Waals surface area contributed by atoms with Crippen molar-refractivity contribution in [3.8, 4) is 0 Å². The van der Waals surface area contributed by atoms with Gasteiger partial charge in [0.15, 0.2) is 0 Å². The third-order valence-electron chi connectivity index (χ3n) is 2.07. The molecule has 3 nitrogen and oxygen atoms in total. The maximum atomic E-state index is 11.1. The monoisotopic (exact) mass is 272 g/mol. The number of ether oxygens (including phenoxy) is 1. The Kier molecular flexibility index (Phi) is 4.78. The van der Waals surface area contributed by atoms with Crippen LogP contribution in [0.25, 0.3) is 0 Å². The van der Waals surface area contributed by atoms with Gasteiger partial charge in [-0.1, -0.05) is 34.1 Å². The van der Waals surface area contributed by atoms with Crippen molar-refractivity contribution >= 4 is 21.9 Å². The highest BCUT2D eigenvalue weighted by Crippen LogP contribution is 2.25. The van der Waals surface area contributed by atoms with Crippen LogP contribution in [0.15, 0.2) is 28.7 Å². The minimum atomic E-state index is -0.865. The van der Waals surface area contributed by atoms with E-state index in [0.717, 1.165) is 10.0 Å². The van der Waals surface area contributed by atoms with Crippen LogP contribution < -0.4 is 0 Å². The van der Waals surface area contributed by atoms with Crippen molar-refractivity contribution < 1.29 is 14.6 Å². The third kappa shape index (κ3) is 3.32. The van der Waals surface area contributed by atoms with E-state index in [0.29, 0.717) is 6.61 Å². The number of halogens is 1. The molecular weight excluding hydrogens is 260 g/mol. The third-order valence-corrected chi connectivity index (χ3v) is 2.79.